The lowest BCUT2D eigenvalue weighted by molar-refractivity contribution is -0.118. The van der Waals surface area contributed by atoms with Crippen molar-refractivity contribution in [1.29, 1.82) is 0 Å². The van der Waals surface area contributed by atoms with Crippen LogP contribution in [0.4, 0.5) is 11.7 Å². The van der Waals surface area contributed by atoms with Gasteiger partial charge in [0.15, 0.2) is 0 Å². The van der Waals surface area contributed by atoms with Gasteiger partial charge < -0.3 is 9.32 Å². The van der Waals surface area contributed by atoms with E-state index in [0.29, 0.717) is 25.3 Å². The van der Waals surface area contributed by atoms with Gasteiger partial charge in [-0.05, 0) is 36.4 Å². The number of carbonyl (C=O) groups is 2. The zero-order valence-corrected chi connectivity index (χ0v) is 15.9. The minimum atomic E-state index is -0.175. The Morgan fingerprint density at radius 2 is 2.08 bits per heavy atom. The highest BCUT2D eigenvalue weighted by Crippen LogP contribution is 2.32. The van der Waals surface area contributed by atoms with Crippen LogP contribution in [0.25, 0.3) is 0 Å². The average Bonchev–Trinajstić information content (AvgIpc) is 3.21. The minimum Gasteiger partial charge on any atom is -0.407 e. The molecule has 1 saturated heterocycles. The molecule has 26 heavy (non-hydrogen) atoms. The molecule has 0 unspecified atom stereocenters. The summed E-state index contributed by atoms with van der Waals surface area (Å²) in [6.07, 6.45) is 2.71. The topological polar surface area (TPSA) is 88.3 Å². The van der Waals surface area contributed by atoms with Crippen LogP contribution >= 0.6 is 11.8 Å². The van der Waals surface area contributed by atoms with Gasteiger partial charge >= 0.3 is 6.01 Å². The molecule has 1 N–H and O–H groups in total. The Hall–Kier alpha value is -2.35. The number of amides is 2. The molecule has 1 aromatic heterocycles. The van der Waals surface area contributed by atoms with Gasteiger partial charge in [0.05, 0.1) is 5.92 Å². The molecule has 1 atom stereocenters. The van der Waals surface area contributed by atoms with Crippen LogP contribution in [0.2, 0.25) is 0 Å². The fourth-order valence-corrected chi connectivity index (χ4v) is 3.28. The van der Waals surface area contributed by atoms with E-state index < -0.39 is 0 Å². The molecule has 0 spiro atoms. The molecule has 0 saturated carbocycles. The molecular weight excluding hydrogens is 352 g/mol. The Morgan fingerprint density at radius 1 is 1.35 bits per heavy atom. The Labute approximate surface area is 156 Å². The quantitative estimate of drug-likeness (QED) is 0.781. The van der Waals surface area contributed by atoms with E-state index in [9.17, 15) is 9.59 Å². The lowest BCUT2D eigenvalue weighted by Gasteiger charge is -2.16. The summed E-state index contributed by atoms with van der Waals surface area (Å²) in [7, 11) is 0. The first-order chi connectivity index (χ1) is 12.5. The van der Waals surface area contributed by atoms with Crippen LogP contribution in [0.15, 0.2) is 33.6 Å². The first-order valence-corrected chi connectivity index (χ1v) is 9.76. The van der Waals surface area contributed by atoms with Crippen LogP contribution in [-0.2, 0) is 9.59 Å². The molecule has 0 aliphatic carbocycles. The molecule has 1 aromatic carbocycles. The predicted molar refractivity (Wildman–Crippen MR) is 100 cm³/mol. The molecule has 0 bridgehead atoms. The molecule has 8 heteroatoms. The second kappa shape index (κ2) is 7.90. The van der Waals surface area contributed by atoms with Crippen molar-refractivity contribution in [2.75, 3.05) is 23.0 Å². The lowest BCUT2D eigenvalue weighted by atomic mass is 10.1. The van der Waals surface area contributed by atoms with Crippen LogP contribution in [0.5, 0.6) is 0 Å². The number of hydrogen-bond donors (Lipinski definition) is 1. The van der Waals surface area contributed by atoms with E-state index in [2.05, 4.69) is 15.5 Å². The van der Waals surface area contributed by atoms with Crippen LogP contribution in [0.3, 0.4) is 0 Å². The number of thioether (sulfide) groups is 1. The normalized spacial score (nSPS) is 17.2. The standard InChI is InChI=1S/C18H22N4O3S/c1-11(2)8-15(23)19-18-21-20-17(25-18)12-9-16(24)22(10-12)13-4-6-14(26-3)7-5-13/h4-7,11-12H,8-10H2,1-3H3,(H,19,21,23)/t12-/m1/s1. The van der Waals surface area contributed by atoms with Gasteiger partial charge in [-0.15, -0.1) is 16.9 Å². The van der Waals surface area contributed by atoms with Crippen molar-refractivity contribution in [2.45, 2.75) is 37.5 Å². The number of anilines is 2. The summed E-state index contributed by atoms with van der Waals surface area (Å²) in [5, 5.41) is 10.5. The van der Waals surface area contributed by atoms with Crippen LogP contribution in [0, 0.1) is 5.92 Å². The average molecular weight is 374 g/mol. The smallest absolute Gasteiger partial charge is 0.322 e. The summed E-state index contributed by atoms with van der Waals surface area (Å²) in [5.74, 6) is 0.312. The van der Waals surface area contributed by atoms with Crippen molar-refractivity contribution in [3.63, 3.8) is 0 Å². The maximum absolute atomic E-state index is 12.4. The van der Waals surface area contributed by atoms with Crippen molar-refractivity contribution in [3.8, 4) is 0 Å². The molecule has 1 aliphatic heterocycles. The molecule has 7 nitrogen and oxygen atoms in total. The summed E-state index contributed by atoms with van der Waals surface area (Å²) >= 11 is 1.66. The minimum absolute atomic E-state index is 0.0236. The Kier molecular flexibility index (Phi) is 5.61. The summed E-state index contributed by atoms with van der Waals surface area (Å²) in [6.45, 7) is 4.41. The van der Waals surface area contributed by atoms with Crippen molar-refractivity contribution in [2.24, 2.45) is 5.92 Å². The van der Waals surface area contributed by atoms with E-state index in [1.807, 2.05) is 44.4 Å². The SMILES string of the molecule is CSc1ccc(N2C[C@H](c3nnc(NC(=O)CC(C)C)o3)CC2=O)cc1. The monoisotopic (exact) mass is 374 g/mol. The molecule has 2 amide bonds. The maximum Gasteiger partial charge on any atom is 0.322 e. The summed E-state index contributed by atoms with van der Waals surface area (Å²) < 4.78 is 5.55. The van der Waals surface area contributed by atoms with Gasteiger partial charge in [0, 0.05) is 30.0 Å². The molecule has 3 rings (SSSR count). The van der Waals surface area contributed by atoms with E-state index in [1.165, 1.54) is 0 Å². The molecule has 1 aliphatic rings. The number of rotatable bonds is 6. The van der Waals surface area contributed by atoms with Gasteiger partial charge in [0.25, 0.3) is 0 Å². The van der Waals surface area contributed by atoms with E-state index in [0.717, 1.165) is 10.6 Å². The van der Waals surface area contributed by atoms with E-state index in [1.54, 1.807) is 16.7 Å². The highest BCUT2D eigenvalue weighted by Gasteiger charge is 2.35. The molecule has 1 fully saturated rings. The lowest BCUT2D eigenvalue weighted by Crippen LogP contribution is -2.24. The Balaban J connectivity index is 1.66. The molecule has 138 valence electrons. The Morgan fingerprint density at radius 3 is 2.73 bits per heavy atom. The summed E-state index contributed by atoms with van der Waals surface area (Å²) in [4.78, 5) is 27.1. The van der Waals surface area contributed by atoms with Gasteiger partial charge in [0.1, 0.15) is 0 Å². The van der Waals surface area contributed by atoms with Crippen molar-refractivity contribution in [3.05, 3.63) is 30.2 Å². The zero-order chi connectivity index (χ0) is 18.7. The summed E-state index contributed by atoms with van der Waals surface area (Å²) in [5.41, 5.74) is 0.861. The summed E-state index contributed by atoms with van der Waals surface area (Å²) in [6, 6.07) is 7.96. The van der Waals surface area contributed by atoms with Gasteiger partial charge in [-0.2, -0.15) is 0 Å². The zero-order valence-electron chi connectivity index (χ0n) is 15.1. The molecular formula is C18H22N4O3S. The number of benzene rings is 1. The predicted octanol–water partition coefficient (Wildman–Crippen LogP) is 3.30. The van der Waals surface area contributed by atoms with Crippen LogP contribution < -0.4 is 10.2 Å². The van der Waals surface area contributed by atoms with Gasteiger partial charge in [0.2, 0.25) is 17.7 Å². The van der Waals surface area contributed by atoms with Crippen LogP contribution in [0.1, 0.15) is 38.5 Å². The molecule has 2 aromatic rings. The second-order valence-corrected chi connectivity index (χ2v) is 7.57. The number of aromatic nitrogens is 2. The van der Waals surface area contributed by atoms with E-state index in [-0.39, 0.29) is 29.7 Å². The third kappa shape index (κ3) is 4.24. The van der Waals surface area contributed by atoms with E-state index in [4.69, 9.17) is 4.42 Å². The third-order valence-corrected chi connectivity index (χ3v) is 4.88. The van der Waals surface area contributed by atoms with Crippen LogP contribution in [-0.4, -0.2) is 34.8 Å². The number of hydrogen-bond acceptors (Lipinski definition) is 6. The number of carbonyl (C=O) groups excluding carboxylic acids is 2. The highest BCUT2D eigenvalue weighted by atomic mass is 32.2. The Bertz CT molecular complexity index is 788. The maximum atomic E-state index is 12.4. The first-order valence-electron chi connectivity index (χ1n) is 8.54. The highest BCUT2D eigenvalue weighted by molar-refractivity contribution is 7.98. The number of nitrogens with zero attached hydrogens (tertiary/aromatic N) is 3. The third-order valence-electron chi connectivity index (χ3n) is 4.14. The fourth-order valence-electron chi connectivity index (χ4n) is 2.88. The van der Waals surface area contributed by atoms with Crippen molar-refractivity contribution < 1.29 is 14.0 Å². The second-order valence-electron chi connectivity index (χ2n) is 6.70. The number of nitrogens with one attached hydrogen (secondary N) is 1. The van der Waals surface area contributed by atoms with E-state index >= 15 is 0 Å². The van der Waals surface area contributed by atoms with Gasteiger partial charge in [-0.25, -0.2) is 0 Å². The first kappa shape index (κ1) is 18.4. The molecule has 2 heterocycles. The fraction of sp³-hybridized carbons (Fsp3) is 0.444. The van der Waals surface area contributed by atoms with Gasteiger partial charge in [-0.1, -0.05) is 18.9 Å². The van der Waals surface area contributed by atoms with Crippen molar-refractivity contribution in [1.82, 2.24) is 10.2 Å². The largest absolute Gasteiger partial charge is 0.407 e. The molecule has 0 radical (unpaired) electrons. The van der Waals surface area contributed by atoms with Crippen molar-refractivity contribution >= 4 is 35.3 Å². The van der Waals surface area contributed by atoms with Gasteiger partial charge in [-0.3, -0.25) is 14.9 Å².